The minimum absolute atomic E-state index is 0.146. The molecule has 0 amide bonds. The lowest BCUT2D eigenvalue weighted by atomic mass is 9.76. The van der Waals surface area contributed by atoms with Crippen LogP contribution in [-0.4, -0.2) is 24.7 Å². The molecule has 122 valence electrons. The molecule has 0 atom stereocenters. The highest BCUT2D eigenvalue weighted by atomic mass is 35.5. The largest absolute Gasteiger partial charge is 0.573 e. The number of halogens is 4. The Bertz CT molecular complexity index is 571. The first-order valence-corrected chi connectivity index (χ1v) is 7.12. The molecule has 0 unspecified atom stereocenters. The molecule has 8 heteroatoms. The van der Waals surface area contributed by atoms with E-state index in [1.54, 1.807) is 6.92 Å². The second-order valence-electron chi connectivity index (χ2n) is 6.28. The molecule has 0 aliphatic carbocycles. The normalized spacial score (nSPS) is 20.3. The second-order valence-corrected chi connectivity index (χ2v) is 6.68. The van der Waals surface area contributed by atoms with Crippen LogP contribution >= 0.6 is 11.6 Å². The summed E-state index contributed by atoms with van der Waals surface area (Å²) < 4.78 is 52.6. The van der Waals surface area contributed by atoms with Gasteiger partial charge < -0.3 is 14.0 Å². The highest BCUT2D eigenvalue weighted by molar-refractivity contribution is 6.63. The van der Waals surface area contributed by atoms with Gasteiger partial charge in [-0.2, -0.15) is 0 Å². The average molecular weight is 337 g/mol. The summed E-state index contributed by atoms with van der Waals surface area (Å²) in [7, 11) is -0.692. The molecule has 1 aliphatic heterocycles. The fraction of sp³-hybridized carbons (Fsp3) is 0.571. The van der Waals surface area contributed by atoms with Crippen LogP contribution in [0.5, 0.6) is 5.75 Å². The van der Waals surface area contributed by atoms with Gasteiger partial charge >= 0.3 is 13.5 Å². The summed E-state index contributed by atoms with van der Waals surface area (Å²) in [5, 5.41) is -0.146. The van der Waals surface area contributed by atoms with Crippen molar-refractivity contribution in [2.75, 3.05) is 0 Å². The predicted molar refractivity (Wildman–Crippen MR) is 78.6 cm³/mol. The van der Waals surface area contributed by atoms with E-state index in [1.165, 1.54) is 12.1 Å². The smallest absolute Gasteiger partial charge is 0.404 e. The first-order valence-electron chi connectivity index (χ1n) is 6.74. The Labute approximate surface area is 132 Å². The summed E-state index contributed by atoms with van der Waals surface area (Å²) >= 11 is 5.89. The van der Waals surface area contributed by atoms with Crippen LogP contribution in [0, 0.1) is 6.92 Å². The Morgan fingerprint density at radius 3 is 2.05 bits per heavy atom. The maximum atomic E-state index is 12.3. The lowest BCUT2D eigenvalue weighted by Crippen LogP contribution is -2.41. The Morgan fingerprint density at radius 1 is 1.09 bits per heavy atom. The van der Waals surface area contributed by atoms with Gasteiger partial charge in [-0.05, 0) is 57.8 Å². The third-order valence-corrected chi connectivity index (χ3v) is 4.35. The molecule has 1 saturated heterocycles. The monoisotopic (exact) mass is 336 g/mol. The van der Waals surface area contributed by atoms with Crippen molar-refractivity contribution >= 4 is 24.2 Å². The van der Waals surface area contributed by atoms with Gasteiger partial charge in [0.15, 0.2) is 0 Å². The summed E-state index contributed by atoms with van der Waals surface area (Å²) in [4.78, 5) is 0. The minimum atomic E-state index is -4.79. The van der Waals surface area contributed by atoms with Gasteiger partial charge in [0.1, 0.15) is 5.75 Å². The summed E-state index contributed by atoms with van der Waals surface area (Å²) in [5.74, 6) is -0.438. The number of ether oxygens (including phenoxy) is 1. The van der Waals surface area contributed by atoms with E-state index in [1.807, 2.05) is 27.7 Å². The molecular weight excluding hydrogens is 319 g/mol. The van der Waals surface area contributed by atoms with E-state index in [4.69, 9.17) is 20.9 Å². The standard InChI is InChI=1S/C14H17BClF3O3/c1-8-6-11(20-14(17,18)19)10(16)7-9(8)15-21-12(2,3)13(4,5)22-15/h6-7H,1-5H3. The fourth-order valence-electron chi connectivity index (χ4n) is 2.10. The van der Waals surface area contributed by atoms with Gasteiger partial charge in [0.05, 0.1) is 16.2 Å². The summed E-state index contributed by atoms with van der Waals surface area (Å²) in [6.45, 7) is 9.23. The van der Waals surface area contributed by atoms with E-state index in [0.717, 1.165) is 0 Å². The highest BCUT2D eigenvalue weighted by Crippen LogP contribution is 2.38. The van der Waals surface area contributed by atoms with Crippen LogP contribution in [0.15, 0.2) is 12.1 Å². The molecule has 1 heterocycles. The van der Waals surface area contributed by atoms with Gasteiger partial charge in [0.25, 0.3) is 0 Å². The van der Waals surface area contributed by atoms with Crippen LogP contribution in [0.25, 0.3) is 0 Å². The van der Waals surface area contributed by atoms with Gasteiger partial charge in [0, 0.05) is 0 Å². The van der Waals surface area contributed by atoms with Crippen molar-refractivity contribution in [2.24, 2.45) is 0 Å². The molecular formula is C14H17BClF3O3. The van der Waals surface area contributed by atoms with Gasteiger partial charge in [-0.25, -0.2) is 0 Å². The van der Waals surface area contributed by atoms with Crippen LogP contribution in [0.4, 0.5) is 13.2 Å². The zero-order valence-corrected chi connectivity index (χ0v) is 13.7. The van der Waals surface area contributed by atoms with Crippen molar-refractivity contribution < 1.29 is 27.2 Å². The quantitative estimate of drug-likeness (QED) is 0.768. The third-order valence-electron chi connectivity index (χ3n) is 4.05. The molecule has 0 bridgehead atoms. The number of hydrogen-bond acceptors (Lipinski definition) is 3. The number of hydrogen-bond donors (Lipinski definition) is 0. The Morgan fingerprint density at radius 2 is 1.59 bits per heavy atom. The molecule has 1 fully saturated rings. The maximum absolute atomic E-state index is 12.3. The SMILES string of the molecule is Cc1cc(OC(F)(F)F)c(Cl)cc1B1OC(C)(C)C(C)(C)O1. The number of rotatable bonds is 2. The first-order chi connectivity index (χ1) is 9.82. The first kappa shape index (κ1) is 17.4. The van der Waals surface area contributed by atoms with Crippen LogP contribution in [0.2, 0.25) is 5.02 Å². The number of aryl methyl sites for hydroxylation is 1. The molecule has 0 spiro atoms. The van der Waals surface area contributed by atoms with Crippen molar-refractivity contribution in [1.82, 2.24) is 0 Å². The van der Waals surface area contributed by atoms with Crippen molar-refractivity contribution in [2.45, 2.75) is 52.2 Å². The van der Waals surface area contributed by atoms with Crippen LogP contribution in [-0.2, 0) is 9.31 Å². The average Bonchev–Trinajstić information content (AvgIpc) is 2.50. The summed E-state index contributed by atoms with van der Waals surface area (Å²) in [6, 6.07) is 2.62. The topological polar surface area (TPSA) is 27.7 Å². The van der Waals surface area contributed by atoms with Gasteiger partial charge in [-0.15, -0.1) is 13.2 Å². The third kappa shape index (κ3) is 3.36. The maximum Gasteiger partial charge on any atom is 0.573 e. The number of alkyl halides is 3. The lowest BCUT2D eigenvalue weighted by Gasteiger charge is -2.32. The van der Waals surface area contributed by atoms with Gasteiger partial charge in [-0.1, -0.05) is 11.6 Å². The van der Waals surface area contributed by atoms with Crippen LogP contribution < -0.4 is 10.2 Å². The van der Waals surface area contributed by atoms with Gasteiger partial charge in [-0.3, -0.25) is 0 Å². The molecule has 3 nitrogen and oxygen atoms in total. The second kappa shape index (κ2) is 5.32. The van der Waals surface area contributed by atoms with E-state index in [9.17, 15) is 13.2 Å². The van der Waals surface area contributed by atoms with E-state index in [-0.39, 0.29) is 5.02 Å². The zero-order valence-electron chi connectivity index (χ0n) is 13.0. The summed E-state index contributed by atoms with van der Waals surface area (Å²) in [5.41, 5.74) is 0.0375. The van der Waals surface area contributed by atoms with Crippen LogP contribution in [0.3, 0.4) is 0 Å². The van der Waals surface area contributed by atoms with E-state index < -0.39 is 30.4 Å². The molecule has 0 N–H and O–H groups in total. The van der Waals surface area contributed by atoms with Crippen LogP contribution in [0.1, 0.15) is 33.3 Å². The highest BCUT2D eigenvalue weighted by Gasteiger charge is 2.52. The molecule has 1 aromatic rings. The van der Waals surface area contributed by atoms with E-state index >= 15 is 0 Å². The minimum Gasteiger partial charge on any atom is -0.404 e. The fourth-order valence-corrected chi connectivity index (χ4v) is 2.31. The molecule has 1 aromatic carbocycles. The molecule has 0 radical (unpaired) electrons. The predicted octanol–water partition coefficient (Wildman–Crippen LogP) is 3.85. The van der Waals surface area contributed by atoms with E-state index in [0.29, 0.717) is 11.0 Å². The number of benzene rings is 1. The van der Waals surface area contributed by atoms with E-state index in [2.05, 4.69) is 4.74 Å². The van der Waals surface area contributed by atoms with Crippen molar-refractivity contribution in [1.29, 1.82) is 0 Å². The summed E-state index contributed by atoms with van der Waals surface area (Å²) in [6.07, 6.45) is -4.79. The molecule has 1 aliphatic rings. The zero-order chi connectivity index (χ0) is 16.9. The van der Waals surface area contributed by atoms with Crippen molar-refractivity contribution in [3.8, 4) is 5.75 Å². The molecule has 0 saturated carbocycles. The molecule has 22 heavy (non-hydrogen) atoms. The Kier molecular flexibility index (Phi) is 4.22. The van der Waals surface area contributed by atoms with Gasteiger partial charge in [0.2, 0.25) is 0 Å². The van der Waals surface area contributed by atoms with Crippen molar-refractivity contribution in [3.63, 3.8) is 0 Å². The molecule has 2 rings (SSSR count). The van der Waals surface area contributed by atoms with Crippen molar-refractivity contribution in [3.05, 3.63) is 22.7 Å². The molecule has 0 aromatic heterocycles. The Hall–Kier alpha value is -0.915. The lowest BCUT2D eigenvalue weighted by molar-refractivity contribution is -0.274. The Balaban J connectivity index is 2.33.